The summed E-state index contributed by atoms with van der Waals surface area (Å²) in [6.07, 6.45) is 2.31. The summed E-state index contributed by atoms with van der Waals surface area (Å²) >= 11 is 6.03. The van der Waals surface area contributed by atoms with Crippen molar-refractivity contribution in [3.8, 4) is 17.4 Å². The lowest BCUT2D eigenvalue weighted by atomic mass is 10.0. The summed E-state index contributed by atoms with van der Waals surface area (Å²) in [4.78, 5) is 4.38. The number of rotatable bonds is 5. The highest BCUT2D eigenvalue weighted by Gasteiger charge is 2.16. The maximum atomic E-state index is 13.2. The van der Waals surface area contributed by atoms with Gasteiger partial charge in [-0.3, -0.25) is 0 Å². The Hall–Kier alpha value is -1.85. The van der Waals surface area contributed by atoms with E-state index in [1.807, 2.05) is 19.1 Å². The van der Waals surface area contributed by atoms with E-state index >= 15 is 0 Å². The minimum absolute atomic E-state index is 0.195. The standard InChI is InChI=1S/C18H20ClFN2O2/c1-12-4-6-17(23-11-13-3-2-8-21-10-13)18(22-12)24-16-7-5-14(20)9-15(16)19/h4-7,9,13,21H,2-3,8,10-11H2,1H3. The molecule has 1 unspecified atom stereocenters. The summed E-state index contributed by atoms with van der Waals surface area (Å²) in [5.74, 6) is 1.31. The maximum Gasteiger partial charge on any atom is 0.262 e. The molecule has 4 nitrogen and oxygen atoms in total. The van der Waals surface area contributed by atoms with Crippen LogP contribution in [-0.2, 0) is 0 Å². The van der Waals surface area contributed by atoms with Crippen LogP contribution in [0.25, 0.3) is 0 Å². The van der Waals surface area contributed by atoms with Crippen LogP contribution in [0.3, 0.4) is 0 Å². The molecular weight excluding hydrogens is 331 g/mol. The highest BCUT2D eigenvalue weighted by atomic mass is 35.5. The van der Waals surface area contributed by atoms with Crippen molar-refractivity contribution in [2.24, 2.45) is 5.92 Å². The zero-order valence-corrected chi connectivity index (χ0v) is 14.3. The lowest BCUT2D eigenvalue weighted by molar-refractivity contribution is 0.211. The fourth-order valence-electron chi connectivity index (χ4n) is 2.64. The summed E-state index contributed by atoms with van der Waals surface area (Å²) in [5.41, 5.74) is 0.801. The summed E-state index contributed by atoms with van der Waals surface area (Å²) < 4.78 is 24.9. The molecule has 0 aliphatic carbocycles. The Balaban J connectivity index is 1.74. The number of ether oxygens (including phenoxy) is 2. The van der Waals surface area contributed by atoms with E-state index in [2.05, 4.69) is 10.3 Å². The van der Waals surface area contributed by atoms with Gasteiger partial charge in [0.2, 0.25) is 0 Å². The van der Waals surface area contributed by atoms with Crippen LogP contribution in [0.2, 0.25) is 5.02 Å². The third kappa shape index (κ3) is 4.36. The Labute approximate surface area is 146 Å². The fourth-order valence-corrected chi connectivity index (χ4v) is 2.84. The van der Waals surface area contributed by atoms with Crippen molar-refractivity contribution in [1.82, 2.24) is 10.3 Å². The van der Waals surface area contributed by atoms with Crippen LogP contribution in [-0.4, -0.2) is 24.7 Å². The van der Waals surface area contributed by atoms with Gasteiger partial charge in [0.25, 0.3) is 5.88 Å². The first kappa shape index (κ1) is 17.0. The van der Waals surface area contributed by atoms with Crippen molar-refractivity contribution in [2.75, 3.05) is 19.7 Å². The highest BCUT2D eigenvalue weighted by Crippen LogP contribution is 2.34. The monoisotopic (exact) mass is 350 g/mol. The number of halogens is 2. The average molecular weight is 351 g/mol. The maximum absolute atomic E-state index is 13.2. The number of aromatic nitrogens is 1. The van der Waals surface area contributed by atoms with E-state index in [-0.39, 0.29) is 5.02 Å². The number of nitrogens with one attached hydrogen (secondary N) is 1. The van der Waals surface area contributed by atoms with Gasteiger partial charge in [0, 0.05) is 18.2 Å². The predicted octanol–water partition coefficient (Wildman–Crippen LogP) is 4.35. The van der Waals surface area contributed by atoms with Crippen LogP contribution in [0, 0.1) is 18.7 Å². The molecule has 1 aliphatic rings. The fraction of sp³-hybridized carbons (Fsp3) is 0.389. The molecule has 3 rings (SSSR count). The minimum atomic E-state index is -0.411. The van der Waals surface area contributed by atoms with E-state index in [0.717, 1.165) is 31.6 Å². The highest BCUT2D eigenvalue weighted by molar-refractivity contribution is 6.32. The molecule has 0 radical (unpaired) electrons. The van der Waals surface area contributed by atoms with Gasteiger partial charge in [-0.15, -0.1) is 0 Å². The number of nitrogens with zero attached hydrogens (tertiary/aromatic N) is 1. The summed E-state index contributed by atoms with van der Waals surface area (Å²) in [6, 6.07) is 7.70. The Morgan fingerprint density at radius 3 is 2.88 bits per heavy atom. The van der Waals surface area contributed by atoms with Gasteiger partial charge in [-0.05, 0) is 56.6 Å². The van der Waals surface area contributed by atoms with Crippen molar-refractivity contribution in [1.29, 1.82) is 0 Å². The van der Waals surface area contributed by atoms with Crippen LogP contribution in [0.1, 0.15) is 18.5 Å². The van der Waals surface area contributed by atoms with Gasteiger partial charge in [-0.25, -0.2) is 9.37 Å². The molecule has 0 bridgehead atoms. The van der Waals surface area contributed by atoms with Crippen molar-refractivity contribution in [3.63, 3.8) is 0 Å². The lowest BCUT2D eigenvalue weighted by Crippen LogP contribution is -2.33. The molecule has 128 valence electrons. The number of aryl methyl sites for hydroxylation is 1. The van der Waals surface area contributed by atoms with Crippen LogP contribution < -0.4 is 14.8 Å². The van der Waals surface area contributed by atoms with Crippen molar-refractivity contribution >= 4 is 11.6 Å². The van der Waals surface area contributed by atoms with E-state index in [0.29, 0.717) is 29.9 Å². The molecule has 0 spiro atoms. The minimum Gasteiger partial charge on any atom is -0.488 e. The second kappa shape index (κ2) is 7.81. The van der Waals surface area contributed by atoms with Crippen LogP contribution in [0.15, 0.2) is 30.3 Å². The van der Waals surface area contributed by atoms with E-state index in [9.17, 15) is 4.39 Å². The van der Waals surface area contributed by atoms with Gasteiger partial charge in [-0.1, -0.05) is 11.6 Å². The van der Waals surface area contributed by atoms with Gasteiger partial charge >= 0.3 is 0 Å². The number of piperidine rings is 1. The van der Waals surface area contributed by atoms with Crippen molar-refractivity contribution < 1.29 is 13.9 Å². The molecular formula is C18H20ClFN2O2. The molecule has 1 aromatic heterocycles. The molecule has 1 atom stereocenters. The number of pyridine rings is 1. The summed E-state index contributed by atoms with van der Waals surface area (Å²) in [5, 5.41) is 3.56. The van der Waals surface area contributed by atoms with Gasteiger partial charge < -0.3 is 14.8 Å². The average Bonchev–Trinajstić information content (AvgIpc) is 2.57. The normalized spacial score (nSPS) is 17.5. The predicted molar refractivity (Wildman–Crippen MR) is 91.5 cm³/mol. The van der Waals surface area contributed by atoms with Crippen LogP contribution in [0.4, 0.5) is 4.39 Å². The van der Waals surface area contributed by atoms with Gasteiger partial charge in [0.1, 0.15) is 11.6 Å². The second-order valence-corrected chi connectivity index (χ2v) is 6.36. The Morgan fingerprint density at radius 2 is 2.12 bits per heavy atom. The first-order chi connectivity index (χ1) is 11.6. The quantitative estimate of drug-likeness (QED) is 0.870. The number of hydrogen-bond acceptors (Lipinski definition) is 4. The third-order valence-corrected chi connectivity index (χ3v) is 4.23. The Bertz CT molecular complexity index is 705. The smallest absolute Gasteiger partial charge is 0.262 e. The lowest BCUT2D eigenvalue weighted by Gasteiger charge is -2.23. The number of benzene rings is 1. The largest absolute Gasteiger partial charge is 0.488 e. The molecule has 6 heteroatoms. The first-order valence-corrected chi connectivity index (χ1v) is 8.43. The molecule has 1 aliphatic heterocycles. The molecule has 1 fully saturated rings. The molecule has 2 heterocycles. The van der Waals surface area contributed by atoms with E-state index < -0.39 is 5.82 Å². The summed E-state index contributed by atoms with van der Waals surface area (Å²) in [7, 11) is 0. The van der Waals surface area contributed by atoms with Crippen LogP contribution in [0.5, 0.6) is 17.4 Å². The molecule has 24 heavy (non-hydrogen) atoms. The molecule has 2 aromatic rings. The van der Waals surface area contributed by atoms with E-state index in [4.69, 9.17) is 21.1 Å². The van der Waals surface area contributed by atoms with E-state index in [1.165, 1.54) is 18.2 Å². The molecule has 1 saturated heterocycles. The first-order valence-electron chi connectivity index (χ1n) is 8.06. The van der Waals surface area contributed by atoms with Gasteiger partial charge in [-0.2, -0.15) is 0 Å². The number of hydrogen-bond donors (Lipinski definition) is 1. The SMILES string of the molecule is Cc1ccc(OCC2CCCNC2)c(Oc2ccc(F)cc2Cl)n1. The Morgan fingerprint density at radius 1 is 1.29 bits per heavy atom. The molecule has 0 saturated carbocycles. The molecule has 0 amide bonds. The third-order valence-electron chi connectivity index (χ3n) is 3.94. The Kier molecular flexibility index (Phi) is 5.53. The second-order valence-electron chi connectivity index (χ2n) is 5.96. The van der Waals surface area contributed by atoms with Gasteiger partial charge in [0.05, 0.1) is 11.6 Å². The topological polar surface area (TPSA) is 43.4 Å². The molecule has 1 N–H and O–H groups in total. The van der Waals surface area contributed by atoms with Crippen molar-refractivity contribution in [3.05, 3.63) is 46.9 Å². The van der Waals surface area contributed by atoms with Crippen molar-refractivity contribution in [2.45, 2.75) is 19.8 Å². The van der Waals surface area contributed by atoms with Crippen LogP contribution >= 0.6 is 11.6 Å². The molecule has 1 aromatic carbocycles. The zero-order valence-electron chi connectivity index (χ0n) is 13.5. The zero-order chi connectivity index (χ0) is 16.9. The van der Waals surface area contributed by atoms with E-state index in [1.54, 1.807) is 0 Å². The summed E-state index contributed by atoms with van der Waals surface area (Å²) in [6.45, 7) is 4.50. The van der Waals surface area contributed by atoms with Gasteiger partial charge in [0.15, 0.2) is 5.75 Å².